The van der Waals surface area contributed by atoms with E-state index in [4.69, 9.17) is 0 Å². The van der Waals surface area contributed by atoms with Crippen LogP contribution in [-0.4, -0.2) is 65.8 Å². The summed E-state index contributed by atoms with van der Waals surface area (Å²) in [5.74, 6) is -0.188. The topological polar surface area (TPSA) is 53.0 Å². The SMILES string of the molecule is CCN1CCN(C2C(=O)c3ccccc3C(=O)C2=Nc2cccc(Br)c2)CC1. The standard InChI is InChI=1S/C22H22BrN3O2/c1-2-25-10-12-26(13-11-25)20-19(24-16-7-5-6-15(23)14-16)21(27)17-8-3-4-9-18(17)22(20)28/h3-9,14,20H,2,10-13H2,1H3. The summed E-state index contributed by atoms with van der Waals surface area (Å²) in [5, 5.41) is 0. The Morgan fingerprint density at radius 2 is 1.71 bits per heavy atom. The minimum Gasteiger partial charge on any atom is -0.301 e. The number of halogens is 1. The molecule has 0 saturated carbocycles. The van der Waals surface area contributed by atoms with Gasteiger partial charge >= 0.3 is 0 Å². The molecule has 2 aromatic rings. The van der Waals surface area contributed by atoms with Crippen LogP contribution in [0.2, 0.25) is 0 Å². The van der Waals surface area contributed by atoms with Crippen molar-refractivity contribution in [3.05, 3.63) is 64.1 Å². The van der Waals surface area contributed by atoms with Crippen LogP contribution in [-0.2, 0) is 0 Å². The van der Waals surface area contributed by atoms with Crippen LogP contribution < -0.4 is 0 Å². The maximum Gasteiger partial charge on any atom is 0.210 e. The smallest absolute Gasteiger partial charge is 0.210 e. The number of rotatable bonds is 3. The molecule has 1 unspecified atom stereocenters. The molecule has 1 saturated heterocycles. The number of Topliss-reactive ketones (excluding diaryl/α,β-unsaturated/α-hetero) is 2. The van der Waals surface area contributed by atoms with Gasteiger partial charge in [-0.05, 0) is 24.7 Å². The summed E-state index contributed by atoms with van der Waals surface area (Å²) in [7, 11) is 0. The molecule has 4 rings (SSSR count). The summed E-state index contributed by atoms with van der Waals surface area (Å²) in [6.07, 6.45) is 0. The number of likely N-dealkylation sites (N-methyl/N-ethyl adjacent to an activating group) is 1. The lowest BCUT2D eigenvalue weighted by molar-refractivity contribution is 0.0756. The lowest BCUT2D eigenvalue weighted by Crippen LogP contribution is -2.58. The summed E-state index contributed by atoms with van der Waals surface area (Å²) < 4.78 is 0.887. The zero-order valence-electron chi connectivity index (χ0n) is 15.8. The van der Waals surface area contributed by atoms with Crippen LogP contribution in [0, 0.1) is 0 Å². The van der Waals surface area contributed by atoms with E-state index in [-0.39, 0.29) is 11.6 Å². The van der Waals surface area contributed by atoms with Crippen LogP contribution in [0.1, 0.15) is 27.6 Å². The number of aliphatic imine (C=N–C) groups is 1. The number of hydrogen-bond donors (Lipinski definition) is 0. The first kappa shape index (κ1) is 19.2. The van der Waals surface area contributed by atoms with Crippen molar-refractivity contribution in [2.45, 2.75) is 13.0 Å². The van der Waals surface area contributed by atoms with Gasteiger partial charge < -0.3 is 4.90 Å². The maximum absolute atomic E-state index is 13.4. The third kappa shape index (κ3) is 3.60. The van der Waals surface area contributed by atoms with Crippen molar-refractivity contribution in [2.24, 2.45) is 4.99 Å². The van der Waals surface area contributed by atoms with Crippen molar-refractivity contribution >= 4 is 38.9 Å². The van der Waals surface area contributed by atoms with E-state index in [1.54, 1.807) is 18.2 Å². The van der Waals surface area contributed by atoms with Gasteiger partial charge in [-0.25, -0.2) is 4.99 Å². The van der Waals surface area contributed by atoms with Crippen LogP contribution >= 0.6 is 15.9 Å². The van der Waals surface area contributed by atoms with Gasteiger partial charge in [0.25, 0.3) is 0 Å². The molecule has 0 radical (unpaired) electrons. The molecule has 1 heterocycles. The number of carbonyl (C=O) groups is 2. The largest absolute Gasteiger partial charge is 0.301 e. The van der Waals surface area contributed by atoms with Crippen molar-refractivity contribution < 1.29 is 9.59 Å². The number of nitrogens with zero attached hydrogens (tertiary/aromatic N) is 3. The van der Waals surface area contributed by atoms with Crippen LogP contribution in [0.4, 0.5) is 5.69 Å². The van der Waals surface area contributed by atoms with E-state index in [0.29, 0.717) is 22.5 Å². The third-order valence-corrected chi connectivity index (χ3v) is 5.95. The molecule has 2 aliphatic rings. The first-order chi connectivity index (χ1) is 13.6. The molecule has 0 bridgehead atoms. The summed E-state index contributed by atoms with van der Waals surface area (Å²) in [4.78, 5) is 35.8. The van der Waals surface area contributed by atoms with Gasteiger partial charge in [-0.15, -0.1) is 0 Å². The molecule has 6 heteroatoms. The van der Waals surface area contributed by atoms with Gasteiger partial charge in [-0.2, -0.15) is 0 Å². The van der Waals surface area contributed by atoms with E-state index < -0.39 is 6.04 Å². The molecule has 0 amide bonds. The summed E-state index contributed by atoms with van der Waals surface area (Å²) in [6.45, 7) is 6.41. The van der Waals surface area contributed by atoms with Crippen LogP contribution in [0.15, 0.2) is 58.0 Å². The molecular weight excluding hydrogens is 418 g/mol. The second-order valence-corrected chi connectivity index (χ2v) is 8.00. The van der Waals surface area contributed by atoms with Crippen molar-refractivity contribution in [1.82, 2.24) is 9.80 Å². The number of ketones is 2. The molecular formula is C22H22BrN3O2. The Bertz CT molecular complexity index is 948. The van der Waals surface area contributed by atoms with Crippen molar-refractivity contribution in [1.29, 1.82) is 0 Å². The zero-order valence-corrected chi connectivity index (χ0v) is 17.4. The Balaban J connectivity index is 1.78. The fourth-order valence-corrected chi connectivity index (χ4v) is 4.29. The van der Waals surface area contributed by atoms with Gasteiger partial charge in [0.15, 0.2) is 5.78 Å². The highest BCUT2D eigenvalue weighted by Crippen LogP contribution is 2.27. The van der Waals surface area contributed by atoms with Crippen molar-refractivity contribution in [3.63, 3.8) is 0 Å². The second-order valence-electron chi connectivity index (χ2n) is 7.09. The van der Waals surface area contributed by atoms with Crippen molar-refractivity contribution in [2.75, 3.05) is 32.7 Å². The summed E-state index contributed by atoms with van der Waals surface area (Å²) in [6, 6.07) is 13.9. The second kappa shape index (κ2) is 8.07. The molecule has 0 spiro atoms. The van der Waals surface area contributed by atoms with E-state index >= 15 is 0 Å². The average Bonchev–Trinajstić information content (AvgIpc) is 2.72. The molecule has 5 nitrogen and oxygen atoms in total. The number of benzene rings is 2. The third-order valence-electron chi connectivity index (χ3n) is 5.45. The first-order valence-electron chi connectivity index (χ1n) is 9.57. The number of carbonyl (C=O) groups excluding carboxylic acids is 2. The quantitative estimate of drug-likeness (QED) is 0.732. The van der Waals surface area contributed by atoms with E-state index in [1.165, 1.54) is 0 Å². The Morgan fingerprint density at radius 3 is 2.39 bits per heavy atom. The van der Waals surface area contributed by atoms with Gasteiger partial charge in [-0.3, -0.25) is 14.5 Å². The maximum atomic E-state index is 13.4. The molecule has 144 valence electrons. The monoisotopic (exact) mass is 439 g/mol. The van der Waals surface area contributed by atoms with Crippen LogP contribution in [0.5, 0.6) is 0 Å². The number of fused-ring (bicyclic) bond motifs is 1. The Morgan fingerprint density at radius 1 is 1.00 bits per heavy atom. The minimum absolute atomic E-state index is 0.0334. The molecule has 2 aromatic carbocycles. The van der Waals surface area contributed by atoms with Gasteiger partial charge in [0.1, 0.15) is 11.8 Å². The predicted molar refractivity (Wildman–Crippen MR) is 114 cm³/mol. The molecule has 0 aromatic heterocycles. The Labute approximate surface area is 173 Å². The van der Waals surface area contributed by atoms with Gasteiger partial charge in [0.2, 0.25) is 5.78 Å². The highest BCUT2D eigenvalue weighted by molar-refractivity contribution is 9.10. The molecule has 1 aliphatic heterocycles. The highest BCUT2D eigenvalue weighted by atomic mass is 79.9. The van der Waals surface area contributed by atoms with Gasteiger partial charge in [0, 0.05) is 41.8 Å². The van der Waals surface area contributed by atoms with Crippen LogP contribution in [0.25, 0.3) is 0 Å². The molecule has 1 atom stereocenters. The van der Waals surface area contributed by atoms with E-state index in [0.717, 1.165) is 37.2 Å². The van der Waals surface area contributed by atoms with E-state index in [2.05, 4.69) is 37.6 Å². The minimum atomic E-state index is -0.625. The van der Waals surface area contributed by atoms with Gasteiger partial charge in [-0.1, -0.05) is 53.2 Å². The highest BCUT2D eigenvalue weighted by Gasteiger charge is 2.42. The van der Waals surface area contributed by atoms with E-state index in [1.807, 2.05) is 30.3 Å². The molecule has 1 aliphatic carbocycles. The summed E-state index contributed by atoms with van der Waals surface area (Å²) in [5.41, 5.74) is 1.95. The van der Waals surface area contributed by atoms with Gasteiger partial charge in [0.05, 0.1) is 5.69 Å². The average molecular weight is 440 g/mol. The fourth-order valence-electron chi connectivity index (χ4n) is 3.90. The normalized spacial score (nSPS) is 22.5. The number of hydrogen-bond acceptors (Lipinski definition) is 5. The van der Waals surface area contributed by atoms with E-state index in [9.17, 15) is 9.59 Å². The van der Waals surface area contributed by atoms with Crippen molar-refractivity contribution in [3.8, 4) is 0 Å². The molecule has 0 N–H and O–H groups in total. The molecule has 1 fully saturated rings. The predicted octanol–water partition coefficient (Wildman–Crippen LogP) is 3.61. The zero-order chi connectivity index (χ0) is 19.7. The molecule has 28 heavy (non-hydrogen) atoms. The Hall–Kier alpha value is -2.15. The lowest BCUT2D eigenvalue weighted by Gasteiger charge is -2.39. The lowest BCUT2D eigenvalue weighted by atomic mass is 9.83. The Kier molecular flexibility index (Phi) is 5.53. The number of piperazine rings is 1. The fraction of sp³-hybridized carbons (Fsp3) is 0.318. The van der Waals surface area contributed by atoms with Crippen LogP contribution in [0.3, 0.4) is 0 Å². The first-order valence-corrected chi connectivity index (χ1v) is 10.4. The summed E-state index contributed by atoms with van der Waals surface area (Å²) >= 11 is 3.45.